The Kier molecular flexibility index (Phi) is 10.0. The van der Waals surface area contributed by atoms with E-state index in [-0.39, 0.29) is 25.1 Å². The summed E-state index contributed by atoms with van der Waals surface area (Å²) in [7, 11) is 1.65. The smallest absolute Gasteiger partial charge is 0.307 e. The zero-order valence-electron chi connectivity index (χ0n) is 21.5. The second-order valence-corrected chi connectivity index (χ2v) is 8.06. The van der Waals surface area contributed by atoms with Gasteiger partial charge in [-0.25, -0.2) is 9.99 Å². The fourth-order valence-corrected chi connectivity index (χ4v) is 3.63. The van der Waals surface area contributed by atoms with Crippen LogP contribution in [0.15, 0.2) is 72.1 Å². The molecule has 2 amide bonds. The molecule has 1 aromatic heterocycles. The van der Waals surface area contributed by atoms with Crippen molar-refractivity contribution in [2.24, 2.45) is 5.29 Å². The van der Waals surface area contributed by atoms with Crippen LogP contribution in [0.4, 0.5) is 22.9 Å². The SMILES string of the molecule is CCOC(=O)CCN(C(=O)c1ccc(NC)c(NC(=O)CN(N=O)c2ccc(C#N)cc2)c1)c1ccccn1. The molecular formula is C27H27N7O5. The lowest BCUT2D eigenvalue weighted by molar-refractivity contribution is -0.142. The van der Waals surface area contributed by atoms with Crippen LogP contribution in [-0.2, 0) is 14.3 Å². The topological polar surface area (TPSA) is 157 Å². The van der Waals surface area contributed by atoms with Crippen molar-refractivity contribution in [3.8, 4) is 6.07 Å². The number of nitrogens with one attached hydrogen (secondary N) is 2. The molecule has 3 rings (SSSR count). The second-order valence-electron chi connectivity index (χ2n) is 8.06. The lowest BCUT2D eigenvalue weighted by Crippen LogP contribution is -2.34. The minimum absolute atomic E-state index is 0.0295. The van der Waals surface area contributed by atoms with Gasteiger partial charge in [-0.05, 0) is 61.5 Å². The molecule has 2 N–H and O–H groups in total. The molecular weight excluding hydrogens is 502 g/mol. The van der Waals surface area contributed by atoms with E-state index in [2.05, 4.69) is 20.9 Å². The number of nitroso groups, excluding NO2 is 1. The maximum Gasteiger partial charge on any atom is 0.307 e. The summed E-state index contributed by atoms with van der Waals surface area (Å²) in [5.74, 6) is -1.10. The van der Waals surface area contributed by atoms with Gasteiger partial charge in [0.15, 0.2) is 0 Å². The number of esters is 1. The molecule has 0 saturated heterocycles. The Morgan fingerprint density at radius 1 is 1.08 bits per heavy atom. The zero-order chi connectivity index (χ0) is 28.2. The van der Waals surface area contributed by atoms with Crippen molar-refractivity contribution < 1.29 is 19.1 Å². The number of anilines is 4. The minimum atomic E-state index is -0.566. The molecule has 0 bridgehead atoms. The highest BCUT2D eigenvalue weighted by atomic mass is 16.5. The number of pyridine rings is 1. The number of aromatic nitrogens is 1. The Hall–Kier alpha value is -5.31. The van der Waals surface area contributed by atoms with Crippen LogP contribution in [0.3, 0.4) is 0 Å². The molecule has 3 aromatic rings. The molecule has 0 atom stereocenters. The van der Waals surface area contributed by atoms with Gasteiger partial charge in [0.1, 0.15) is 12.4 Å². The van der Waals surface area contributed by atoms with Gasteiger partial charge in [-0.1, -0.05) is 6.07 Å². The fourth-order valence-electron chi connectivity index (χ4n) is 3.63. The van der Waals surface area contributed by atoms with E-state index in [0.29, 0.717) is 28.4 Å². The highest BCUT2D eigenvalue weighted by Crippen LogP contribution is 2.25. The van der Waals surface area contributed by atoms with Crippen molar-refractivity contribution in [1.29, 1.82) is 5.26 Å². The van der Waals surface area contributed by atoms with E-state index < -0.39 is 24.3 Å². The average molecular weight is 530 g/mol. The lowest BCUT2D eigenvalue weighted by atomic mass is 10.1. The highest BCUT2D eigenvalue weighted by molar-refractivity contribution is 6.08. The normalized spacial score (nSPS) is 10.1. The summed E-state index contributed by atoms with van der Waals surface area (Å²) < 4.78 is 4.99. The van der Waals surface area contributed by atoms with Gasteiger partial charge in [-0.3, -0.25) is 19.3 Å². The molecule has 0 fully saturated rings. The first kappa shape index (κ1) is 28.3. The van der Waals surface area contributed by atoms with Gasteiger partial charge in [-0.2, -0.15) is 5.26 Å². The number of carbonyl (C=O) groups excluding carboxylic acids is 3. The molecule has 0 spiro atoms. The molecule has 12 nitrogen and oxygen atoms in total. The number of nitriles is 1. The number of hydrogen-bond acceptors (Lipinski definition) is 9. The summed E-state index contributed by atoms with van der Waals surface area (Å²) in [4.78, 5) is 55.3. The van der Waals surface area contributed by atoms with E-state index in [1.165, 1.54) is 41.4 Å². The molecule has 0 unspecified atom stereocenters. The Labute approximate surface area is 225 Å². The summed E-state index contributed by atoms with van der Waals surface area (Å²) in [6, 6.07) is 17.8. The number of amides is 2. The molecule has 12 heteroatoms. The van der Waals surface area contributed by atoms with Crippen LogP contribution in [0.5, 0.6) is 0 Å². The lowest BCUT2D eigenvalue weighted by Gasteiger charge is -2.22. The van der Waals surface area contributed by atoms with E-state index in [0.717, 1.165) is 5.01 Å². The van der Waals surface area contributed by atoms with Crippen LogP contribution < -0.4 is 20.5 Å². The number of rotatable bonds is 12. The van der Waals surface area contributed by atoms with E-state index in [1.54, 1.807) is 44.3 Å². The highest BCUT2D eigenvalue weighted by Gasteiger charge is 2.22. The van der Waals surface area contributed by atoms with Crippen LogP contribution in [0.2, 0.25) is 0 Å². The first-order valence-corrected chi connectivity index (χ1v) is 12.0. The molecule has 0 radical (unpaired) electrons. The third-order valence-electron chi connectivity index (χ3n) is 5.51. The molecule has 39 heavy (non-hydrogen) atoms. The quantitative estimate of drug-likeness (QED) is 0.203. The van der Waals surface area contributed by atoms with Crippen LogP contribution >= 0.6 is 0 Å². The van der Waals surface area contributed by atoms with Gasteiger partial charge in [0, 0.05) is 25.4 Å². The molecule has 200 valence electrons. The maximum atomic E-state index is 13.5. The number of ether oxygens (including phenoxy) is 1. The number of carbonyl (C=O) groups is 3. The maximum absolute atomic E-state index is 13.5. The van der Waals surface area contributed by atoms with Gasteiger partial charge in [-0.15, -0.1) is 4.91 Å². The predicted molar refractivity (Wildman–Crippen MR) is 146 cm³/mol. The Morgan fingerprint density at radius 2 is 1.85 bits per heavy atom. The first-order valence-electron chi connectivity index (χ1n) is 12.0. The van der Waals surface area contributed by atoms with Crippen molar-refractivity contribution in [3.05, 3.63) is 82.9 Å². The third-order valence-corrected chi connectivity index (χ3v) is 5.51. The molecule has 0 aliphatic heterocycles. The Bertz CT molecular complexity index is 1360. The predicted octanol–water partition coefficient (Wildman–Crippen LogP) is 3.72. The number of nitrogens with zero attached hydrogens (tertiary/aromatic N) is 5. The van der Waals surface area contributed by atoms with Gasteiger partial charge in [0.05, 0.1) is 47.0 Å². The van der Waals surface area contributed by atoms with Crippen molar-refractivity contribution in [3.63, 3.8) is 0 Å². The fraction of sp³-hybridized carbons (Fsp3) is 0.222. The monoisotopic (exact) mass is 529 g/mol. The zero-order valence-corrected chi connectivity index (χ0v) is 21.5. The summed E-state index contributed by atoms with van der Waals surface area (Å²) in [5, 5.41) is 18.5. The van der Waals surface area contributed by atoms with Crippen LogP contribution in [0, 0.1) is 16.2 Å². The van der Waals surface area contributed by atoms with Crippen molar-refractivity contribution in [2.75, 3.05) is 47.3 Å². The van der Waals surface area contributed by atoms with Crippen LogP contribution in [0.1, 0.15) is 29.3 Å². The van der Waals surface area contributed by atoms with Gasteiger partial charge in [0.25, 0.3) is 5.91 Å². The van der Waals surface area contributed by atoms with E-state index >= 15 is 0 Å². The van der Waals surface area contributed by atoms with Crippen molar-refractivity contribution in [1.82, 2.24) is 4.98 Å². The van der Waals surface area contributed by atoms with Crippen molar-refractivity contribution in [2.45, 2.75) is 13.3 Å². The van der Waals surface area contributed by atoms with Gasteiger partial charge < -0.3 is 15.4 Å². The third kappa shape index (κ3) is 7.59. The van der Waals surface area contributed by atoms with E-state index in [4.69, 9.17) is 10.00 Å². The Morgan fingerprint density at radius 3 is 2.46 bits per heavy atom. The Balaban J connectivity index is 1.82. The first-order chi connectivity index (χ1) is 18.9. The number of hydrogen-bond donors (Lipinski definition) is 2. The summed E-state index contributed by atoms with van der Waals surface area (Å²) in [5.41, 5.74) is 1.79. The van der Waals surface area contributed by atoms with Gasteiger partial charge in [0.2, 0.25) is 5.91 Å². The van der Waals surface area contributed by atoms with Crippen LogP contribution in [-0.4, -0.2) is 49.5 Å². The summed E-state index contributed by atoms with van der Waals surface area (Å²) in [6.07, 6.45) is 1.51. The molecule has 2 aromatic carbocycles. The van der Waals surface area contributed by atoms with Crippen LogP contribution in [0.25, 0.3) is 0 Å². The second kappa shape index (κ2) is 13.8. The average Bonchev–Trinajstić information content (AvgIpc) is 2.96. The summed E-state index contributed by atoms with van der Waals surface area (Å²) in [6.45, 7) is 1.56. The minimum Gasteiger partial charge on any atom is -0.466 e. The number of benzene rings is 2. The molecule has 1 heterocycles. The van der Waals surface area contributed by atoms with E-state index in [1.807, 2.05) is 6.07 Å². The molecule has 0 saturated carbocycles. The largest absolute Gasteiger partial charge is 0.466 e. The molecule has 0 aliphatic rings. The van der Waals surface area contributed by atoms with Gasteiger partial charge >= 0.3 is 5.97 Å². The standard InChI is InChI=1S/C27H27N7O5/c1-3-39-26(36)13-15-33(24-6-4-5-14-30-24)27(37)20-9-12-22(29-2)23(16-20)31-25(35)18-34(32-38)21-10-7-19(17-28)8-11-21/h4-12,14,16,29H,3,13,15,18H2,1-2H3,(H,31,35). The molecule has 0 aliphatic carbocycles. The summed E-state index contributed by atoms with van der Waals surface area (Å²) >= 11 is 0. The van der Waals surface area contributed by atoms with Crippen molar-refractivity contribution >= 4 is 40.7 Å². The van der Waals surface area contributed by atoms with E-state index in [9.17, 15) is 19.3 Å².